The quantitative estimate of drug-likeness (QED) is 0.729. The van der Waals surface area contributed by atoms with E-state index in [2.05, 4.69) is 20.9 Å². The summed E-state index contributed by atoms with van der Waals surface area (Å²) in [5.41, 5.74) is 0.337. The average Bonchev–Trinajstić information content (AvgIpc) is 3.20. The predicted molar refractivity (Wildman–Crippen MR) is 92.9 cm³/mol. The second-order valence-electron chi connectivity index (χ2n) is 7.10. The smallest absolute Gasteiger partial charge is 0.406 e. The molecule has 5 unspecified atom stereocenters. The molecular formula is C15H14BrClN2O5S. The number of halogens is 2. The molecule has 2 N–H and O–H groups in total. The summed E-state index contributed by atoms with van der Waals surface area (Å²) in [5.74, 6) is -0.0168. The van der Waals surface area contributed by atoms with Gasteiger partial charge in [0.2, 0.25) is 10.0 Å². The Balaban J connectivity index is 1.68. The van der Waals surface area contributed by atoms with Crippen LogP contribution in [0.1, 0.15) is 12.8 Å². The Labute approximate surface area is 156 Å². The van der Waals surface area contributed by atoms with E-state index in [0.717, 1.165) is 12.8 Å². The highest BCUT2D eigenvalue weighted by Crippen LogP contribution is 2.56. The first-order valence-corrected chi connectivity index (χ1v) is 10.6. The summed E-state index contributed by atoms with van der Waals surface area (Å²) in [6, 6.07) is 1.07. The highest BCUT2D eigenvalue weighted by atomic mass is 79.9. The first kappa shape index (κ1) is 16.3. The van der Waals surface area contributed by atoms with Crippen molar-refractivity contribution in [2.75, 3.05) is 6.54 Å². The lowest BCUT2D eigenvalue weighted by molar-refractivity contribution is 0.0731. The first-order valence-electron chi connectivity index (χ1n) is 7.99. The monoisotopic (exact) mass is 448 g/mol. The van der Waals surface area contributed by atoms with Gasteiger partial charge in [0.1, 0.15) is 9.92 Å². The molecule has 7 nitrogen and oxygen atoms in total. The maximum absolute atomic E-state index is 13.3. The summed E-state index contributed by atoms with van der Waals surface area (Å²) in [7, 11) is -3.96. The zero-order chi connectivity index (χ0) is 17.7. The zero-order valence-electron chi connectivity index (χ0n) is 12.8. The van der Waals surface area contributed by atoms with Crippen LogP contribution >= 0.6 is 27.5 Å². The molecular weight excluding hydrogens is 436 g/mol. The lowest BCUT2D eigenvalue weighted by Gasteiger charge is -2.28. The number of hydrogen-bond acceptors (Lipinski definition) is 5. The van der Waals surface area contributed by atoms with Crippen LogP contribution in [0.25, 0.3) is 11.1 Å². The molecule has 3 fully saturated rings. The maximum atomic E-state index is 13.3. The first-order chi connectivity index (χ1) is 11.8. The fourth-order valence-corrected chi connectivity index (χ4v) is 8.53. The van der Waals surface area contributed by atoms with E-state index in [4.69, 9.17) is 16.0 Å². The van der Waals surface area contributed by atoms with Gasteiger partial charge in [-0.05, 0) is 52.6 Å². The standard InChI is InChI=1S/C15H14BrClN2O5S/c16-8-3-9-13(24-15(21)18-9)10(17)14(8)25(22,23)19-4-6-1-5-2-7(6)11(19)12(5)20/h3,5-7,11-12,20H,1-2,4H2,(H,18,21). The van der Waals surface area contributed by atoms with Crippen LogP contribution < -0.4 is 5.76 Å². The van der Waals surface area contributed by atoms with Crippen molar-refractivity contribution in [3.8, 4) is 0 Å². The number of aliphatic hydroxyl groups is 1. The summed E-state index contributed by atoms with van der Waals surface area (Å²) in [4.78, 5) is 13.8. The van der Waals surface area contributed by atoms with Crippen LogP contribution in [-0.2, 0) is 10.0 Å². The fraction of sp³-hybridized carbons (Fsp3) is 0.533. The summed E-state index contributed by atoms with van der Waals surface area (Å²) in [6.07, 6.45) is 1.11. The van der Waals surface area contributed by atoms with Crippen molar-refractivity contribution in [2.24, 2.45) is 17.8 Å². The van der Waals surface area contributed by atoms with Crippen LogP contribution in [-0.4, -0.2) is 41.5 Å². The Morgan fingerprint density at radius 2 is 2.12 bits per heavy atom. The average molecular weight is 450 g/mol. The lowest BCUT2D eigenvalue weighted by Crippen LogP contribution is -2.43. The van der Waals surface area contributed by atoms with Gasteiger partial charge in [0.15, 0.2) is 5.58 Å². The molecule has 2 bridgehead atoms. The largest absolute Gasteiger partial charge is 0.417 e. The predicted octanol–water partition coefficient (Wildman–Crippen LogP) is 1.93. The number of aromatic nitrogens is 1. The van der Waals surface area contributed by atoms with Gasteiger partial charge in [-0.25, -0.2) is 13.2 Å². The highest BCUT2D eigenvalue weighted by Gasteiger charge is 2.61. The summed E-state index contributed by atoms with van der Waals surface area (Å²) >= 11 is 9.56. The molecule has 2 heterocycles. The number of benzene rings is 1. The Hall–Kier alpha value is -0.870. The number of aliphatic hydroxyl groups excluding tert-OH is 1. The topological polar surface area (TPSA) is 104 Å². The third-order valence-electron chi connectivity index (χ3n) is 5.93. The molecule has 0 radical (unpaired) electrons. The number of rotatable bonds is 2. The number of nitrogens with one attached hydrogen (secondary N) is 1. The number of aromatic amines is 1. The van der Waals surface area contributed by atoms with Crippen LogP contribution in [0.2, 0.25) is 5.02 Å². The van der Waals surface area contributed by atoms with Gasteiger partial charge in [0, 0.05) is 11.0 Å². The molecule has 1 aromatic heterocycles. The van der Waals surface area contributed by atoms with Gasteiger partial charge in [-0.2, -0.15) is 4.31 Å². The zero-order valence-corrected chi connectivity index (χ0v) is 15.9. The number of nitrogens with zero attached hydrogens (tertiary/aromatic N) is 1. The molecule has 2 aliphatic carbocycles. The molecule has 1 aliphatic heterocycles. The third-order valence-corrected chi connectivity index (χ3v) is 9.24. The van der Waals surface area contributed by atoms with Gasteiger partial charge in [-0.1, -0.05) is 11.6 Å². The van der Waals surface area contributed by atoms with Crippen molar-refractivity contribution < 1.29 is 17.9 Å². The molecule has 0 amide bonds. The molecule has 5 atom stereocenters. The molecule has 1 aromatic carbocycles. The van der Waals surface area contributed by atoms with Crippen molar-refractivity contribution in [1.82, 2.24) is 9.29 Å². The highest BCUT2D eigenvalue weighted by molar-refractivity contribution is 9.10. The lowest BCUT2D eigenvalue weighted by atomic mass is 9.88. The second kappa shape index (κ2) is 5.10. The van der Waals surface area contributed by atoms with Crippen molar-refractivity contribution in [3.05, 3.63) is 26.1 Å². The van der Waals surface area contributed by atoms with Crippen LogP contribution in [0.3, 0.4) is 0 Å². The molecule has 0 spiro atoms. The SMILES string of the molecule is O=c1[nH]c2cc(Br)c(S(=O)(=O)N3CC4CC5CC4C3C5O)c(Cl)c2o1. The van der Waals surface area contributed by atoms with Crippen molar-refractivity contribution in [1.29, 1.82) is 0 Å². The van der Waals surface area contributed by atoms with E-state index in [1.54, 1.807) is 0 Å². The molecule has 134 valence electrons. The maximum Gasteiger partial charge on any atom is 0.417 e. The summed E-state index contributed by atoms with van der Waals surface area (Å²) in [6.45, 7) is 0.392. The van der Waals surface area contributed by atoms with Gasteiger partial charge in [0.25, 0.3) is 0 Å². The summed E-state index contributed by atoms with van der Waals surface area (Å²) < 4.78 is 33.3. The molecule has 10 heteroatoms. The number of oxazole rings is 1. The van der Waals surface area contributed by atoms with E-state index in [-0.39, 0.29) is 31.8 Å². The Kier molecular flexibility index (Phi) is 3.33. The van der Waals surface area contributed by atoms with E-state index in [1.807, 2.05) is 0 Å². The Morgan fingerprint density at radius 1 is 1.36 bits per heavy atom. The molecule has 2 saturated carbocycles. The van der Waals surface area contributed by atoms with Crippen LogP contribution in [0, 0.1) is 17.8 Å². The molecule has 25 heavy (non-hydrogen) atoms. The summed E-state index contributed by atoms with van der Waals surface area (Å²) in [5, 5.41) is 10.4. The van der Waals surface area contributed by atoms with Gasteiger partial charge >= 0.3 is 5.76 Å². The van der Waals surface area contributed by atoms with E-state index in [0.29, 0.717) is 18.0 Å². The Bertz CT molecular complexity index is 1060. The Morgan fingerprint density at radius 3 is 2.84 bits per heavy atom. The van der Waals surface area contributed by atoms with E-state index < -0.39 is 27.9 Å². The molecule has 2 aromatic rings. The number of H-pyrrole nitrogens is 1. The van der Waals surface area contributed by atoms with Gasteiger partial charge in [-0.3, -0.25) is 4.98 Å². The normalized spacial score (nSPS) is 34.4. The third kappa shape index (κ3) is 2.04. The second-order valence-corrected chi connectivity index (χ2v) is 10.2. The number of fused-ring (bicyclic) bond motifs is 2. The van der Waals surface area contributed by atoms with E-state index >= 15 is 0 Å². The van der Waals surface area contributed by atoms with Gasteiger partial charge < -0.3 is 9.52 Å². The van der Waals surface area contributed by atoms with E-state index in [1.165, 1.54) is 10.4 Å². The van der Waals surface area contributed by atoms with Gasteiger partial charge in [0.05, 0.1) is 17.7 Å². The number of hydrogen-bond donors (Lipinski definition) is 2. The minimum atomic E-state index is -3.96. The molecule has 1 saturated heterocycles. The van der Waals surface area contributed by atoms with Crippen LogP contribution in [0.15, 0.2) is 24.6 Å². The van der Waals surface area contributed by atoms with Gasteiger partial charge in [-0.15, -0.1) is 0 Å². The molecule has 3 aliphatic rings. The van der Waals surface area contributed by atoms with Crippen molar-refractivity contribution in [2.45, 2.75) is 29.9 Å². The minimum absolute atomic E-state index is 0.0143. The fourth-order valence-electron chi connectivity index (χ4n) is 4.99. The van der Waals surface area contributed by atoms with Crippen LogP contribution in [0.5, 0.6) is 0 Å². The van der Waals surface area contributed by atoms with Crippen LogP contribution in [0.4, 0.5) is 0 Å². The molecule has 5 rings (SSSR count). The van der Waals surface area contributed by atoms with E-state index in [9.17, 15) is 18.3 Å². The van der Waals surface area contributed by atoms with Crippen molar-refractivity contribution >= 4 is 48.7 Å². The number of sulfonamides is 1. The van der Waals surface area contributed by atoms with Crippen molar-refractivity contribution in [3.63, 3.8) is 0 Å². The minimum Gasteiger partial charge on any atom is -0.406 e.